The molecule has 1 saturated heterocycles. The first-order valence-electron chi connectivity index (χ1n) is 7.53. The molecule has 0 bridgehead atoms. The second-order valence-corrected chi connectivity index (χ2v) is 7.52. The minimum absolute atomic E-state index is 0.0415. The maximum Gasteiger partial charge on any atom is 0.188 e. The molecule has 1 unspecified atom stereocenters. The Labute approximate surface area is 145 Å². The predicted molar refractivity (Wildman–Crippen MR) is 97.1 cm³/mol. The van der Waals surface area contributed by atoms with Crippen molar-refractivity contribution in [2.75, 3.05) is 30.4 Å². The number of hydrogen-bond acceptors (Lipinski definition) is 5. The first-order chi connectivity index (χ1) is 10.6. The molecule has 1 fully saturated rings. The van der Waals surface area contributed by atoms with Gasteiger partial charge in [0.05, 0.1) is 15.7 Å². The van der Waals surface area contributed by atoms with Crippen LogP contribution in [0.1, 0.15) is 19.8 Å². The van der Waals surface area contributed by atoms with Crippen LogP contribution in [0.4, 0.5) is 5.69 Å². The number of amidine groups is 1. The highest BCUT2D eigenvalue weighted by atomic mass is 35.5. The third kappa shape index (κ3) is 3.82. The largest absolute Gasteiger partial charge is 0.303 e. The fourth-order valence-corrected chi connectivity index (χ4v) is 4.14. The second kappa shape index (κ2) is 7.30. The van der Waals surface area contributed by atoms with Crippen molar-refractivity contribution in [3.05, 3.63) is 28.2 Å². The van der Waals surface area contributed by atoms with Gasteiger partial charge in [0.25, 0.3) is 0 Å². The zero-order valence-electron chi connectivity index (χ0n) is 12.6. The highest BCUT2D eigenvalue weighted by molar-refractivity contribution is 8.00. The normalized spacial score (nSPS) is 22.0. The Balaban J connectivity index is 1.61. The number of hydrazine groups is 1. The van der Waals surface area contributed by atoms with Gasteiger partial charge in [0.15, 0.2) is 5.50 Å². The van der Waals surface area contributed by atoms with E-state index in [2.05, 4.69) is 15.3 Å². The highest BCUT2D eigenvalue weighted by Gasteiger charge is 2.25. The summed E-state index contributed by atoms with van der Waals surface area (Å²) in [5.74, 6) is 1.99. The van der Waals surface area contributed by atoms with Gasteiger partial charge < -0.3 is 4.90 Å². The van der Waals surface area contributed by atoms with E-state index in [1.54, 1.807) is 0 Å². The van der Waals surface area contributed by atoms with Crippen LogP contribution >= 0.6 is 35.0 Å². The molecule has 0 saturated carbocycles. The second-order valence-electron chi connectivity index (χ2n) is 5.54. The molecular formula is C15H20Cl2N4S. The summed E-state index contributed by atoms with van der Waals surface area (Å²) in [6, 6.07) is 5.66. The number of likely N-dealkylation sites (tertiary alicyclic amines) is 1. The molecule has 3 rings (SSSR count). The maximum absolute atomic E-state index is 6.13. The van der Waals surface area contributed by atoms with Crippen molar-refractivity contribution in [1.29, 1.82) is 0 Å². The molecule has 2 aliphatic heterocycles. The molecule has 22 heavy (non-hydrogen) atoms. The van der Waals surface area contributed by atoms with E-state index in [1.807, 2.05) is 41.9 Å². The molecule has 4 nitrogen and oxygen atoms in total. The molecule has 0 radical (unpaired) electrons. The Morgan fingerprint density at radius 2 is 2.05 bits per heavy atom. The number of aliphatic imine (C=N–C) groups is 1. The average Bonchev–Trinajstić information content (AvgIpc) is 3.12. The molecule has 0 aromatic heterocycles. The molecule has 1 aromatic rings. The lowest BCUT2D eigenvalue weighted by molar-refractivity contribution is 0.362. The van der Waals surface area contributed by atoms with E-state index in [-0.39, 0.29) is 5.50 Å². The standard InChI is InChI=1S/C15H20Cl2N4S/c1-11-18-15(22-9-8-20-6-2-3-7-20)21(19-11)12-4-5-13(16)14(17)10-12/h4-5,10,15H,2-3,6-9H2,1H3,(H,18,19). The van der Waals surface area contributed by atoms with Crippen molar-refractivity contribution in [3.63, 3.8) is 0 Å². The quantitative estimate of drug-likeness (QED) is 0.865. The lowest BCUT2D eigenvalue weighted by atomic mass is 10.3. The molecular weight excluding hydrogens is 339 g/mol. The SMILES string of the molecule is CC1=NC(SCCN2CCCC2)N(c2ccc(Cl)c(Cl)c2)N1. The molecule has 0 aliphatic carbocycles. The van der Waals surface area contributed by atoms with Crippen LogP contribution in [-0.4, -0.2) is 41.6 Å². The zero-order valence-corrected chi connectivity index (χ0v) is 14.9. The molecule has 1 N–H and O–H groups in total. The van der Waals surface area contributed by atoms with Gasteiger partial charge in [-0.15, -0.1) is 11.8 Å². The summed E-state index contributed by atoms with van der Waals surface area (Å²) in [5, 5.41) is 3.18. The number of hydrogen-bond donors (Lipinski definition) is 1. The number of nitrogens with zero attached hydrogens (tertiary/aromatic N) is 3. The van der Waals surface area contributed by atoms with Gasteiger partial charge >= 0.3 is 0 Å². The van der Waals surface area contributed by atoms with E-state index in [0.29, 0.717) is 10.0 Å². The van der Waals surface area contributed by atoms with Gasteiger partial charge in [-0.25, -0.2) is 4.99 Å². The number of halogens is 2. The van der Waals surface area contributed by atoms with E-state index < -0.39 is 0 Å². The molecule has 2 heterocycles. The monoisotopic (exact) mass is 358 g/mol. The van der Waals surface area contributed by atoms with E-state index in [4.69, 9.17) is 23.2 Å². The third-order valence-electron chi connectivity index (χ3n) is 3.86. The Hall–Kier alpha value is -0.620. The number of thioether (sulfide) groups is 1. The van der Waals surface area contributed by atoms with Crippen molar-refractivity contribution < 1.29 is 0 Å². The van der Waals surface area contributed by atoms with Gasteiger partial charge in [-0.05, 0) is 51.1 Å². The zero-order chi connectivity index (χ0) is 15.5. The fraction of sp³-hybridized carbons (Fsp3) is 0.533. The van der Waals surface area contributed by atoms with Crippen LogP contribution < -0.4 is 10.4 Å². The van der Waals surface area contributed by atoms with Crippen molar-refractivity contribution in [3.8, 4) is 0 Å². The van der Waals surface area contributed by atoms with Gasteiger partial charge in [0.1, 0.15) is 5.84 Å². The van der Waals surface area contributed by atoms with Crippen molar-refractivity contribution >= 4 is 46.5 Å². The maximum atomic E-state index is 6.13. The summed E-state index contributed by atoms with van der Waals surface area (Å²) in [4.78, 5) is 7.19. The Kier molecular flexibility index (Phi) is 5.39. The smallest absolute Gasteiger partial charge is 0.188 e. The number of nitrogens with one attached hydrogen (secondary N) is 1. The number of anilines is 1. The van der Waals surface area contributed by atoms with E-state index in [1.165, 1.54) is 25.9 Å². The lowest BCUT2D eigenvalue weighted by Crippen LogP contribution is -2.39. The number of rotatable bonds is 5. The molecule has 1 aromatic carbocycles. The van der Waals surface area contributed by atoms with Crippen LogP contribution in [-0.2, 0) is 0 Å². The Bertz CT molecular complexity index is 560. The summed E-state index contributed by atoms with van der Waals surface area (Å²) >= 11 is 14.0. The van der Waals surface area contributed by atoms with Gasteiger partial charge in [0, 0.05) is 12.3 Å². The van der Waals surface area contributed by atoms with Crippen LogP contribution in [0.2, 0.25) is 10.0 Å². The van der Waals surface area contributed by atoms with Gasteiger partial charge in [-0.2, -0.15) is 0 Å². The van der Waals surface area contributed by atoms with Crippen LogP contribution in [0.3, 0.4) is 0 Å². The van der Waals surface area contributed by atoms with Crippen LogP contribution in [0.5, 0.6) is 0 Å². The average molecular weight is 359 g/mol. The number of benzene rings is 1. The molecule has 1 atom stereocenters. The minimum Gasteiger partial charge on any atom is -0.303 e. The van der Waals surface area contributed by atoms with E-state index >= 15 is 0 Å². The van der Waals surface area contributed by atoms with Gasteiger partial charge in [-0.3, -0.25) is 10.4 Å². The first-order valence-corrected chi connectivity index (χ1v) is 9.33. The van der Waals surface area contributed by atoms with Crippen LogP contribution in [0.25, 0.3) is 0 Å². The van der Waals surface area contributed by atoms with Crippen LogP contribution in [0.15, 0.2) is 23.2 Å². The van der Waals surface area contributed by atoms with Gasteiger partial charge in [-0.1, -0.05) is 23.2 Å². The molecule has 120 valence electrons. The first kappa shape index (κ1) is 16.2. The topological polar surface area (TPSA) is 30.9 Å². The van der Waals surface area contributed by atoms with Crippen molar-refractivity contribution in [1.82, 2.24) is 10.3 Å². The van der Waals surface area contributed by atoms with Crippen molar-refractivity contribution in [2.24, 2.45) is 4.99 Å². The third-order valence-corrected chi connectivity index (χ3v) is 5.63. The summed E-state index contributed by atoms with van der Waals surface area (Å²) < 4.78 is 0. The van der Waals surface area contributed by atoms with E-state index in [9.17, 15) is 0 Å². The van der Waals surface area contributed by atoms with Crippen molar-refractivity contribution in [2.45, 2.75) is 25.3 Å². The predicted octanol–water partition coefficient (Wildman–Crippen LogP) is 3.85. The Morgan fingerprint density at radius 3 is 2.77 bits per heavy atom. The summed E-state index contributed by atoms with van der Waals surface area (Å²) in [5.41, 5.74) is 4.31. The summed E-state index contributed by atoms with van der Waals surface area (Å²) in [6.07, 6.45) is 2.67. The molecule has 2 aliphatic rings. The molecule has 0 spiro atoms. The van der Waals surface area contributed by atoms with E-state index in [0.717, 1.165) is 23.8 Å². The lowest BCUT2D eigenvalue weighted by Gasteiger charge is -2.25. The highest BCUT2D eigenvalue weighted by Crippen LogP contribution is 2.31. The summed E-state index contributed by atoms with van der Waals surface area (Å²) in [6.45, 7) is 5.58. The minimum atomic E-state index is 0.0415. The van der Waals surface area contributed by atoms with Gasteiger partial charge in [0.2, 0.25) is 0 Å². The Morgan fingerprint density at radius 1 is 1.27 bits per heavy atom. The molecule has 0 amide bonds. The molecule has 7 heteroatoms. The van der Waals surface area contributed by atoms with Crippen LogP contribution in [0, 0.1) is 0 Å². The summed E-state index contributed by atoms with van der Waals surface area (Å²) in [7, 11) is 0. The fourth-order valence-electron chi connectivity index (χ4n) is 2.71.